The number of carboxylic acid groups (broad SMARTS) is 1. The van der Waals surface area contributed by atoms with Crippen molar-refractivity contribution in [3.63, 3.8) is 0 Å². The number of benzene rings is 1. The van der Waals surface area contributed by atoms with Gasteiger partial charge >= 0.3 is 13.1 Å². The van der Waals surface area contributed by atoms with Gasteiger partial charge in [0.05, 0.1) is 24.2 Å². The number of hydrogen-bond acceptors (Lipinski definition) is 4. The predicted molar refractivity (Wildman–Crippen MR) is 101 cm³/mol. The molecular formula is C20H29BO5. The van der Waals surface area contributed by atoms with Gasteiger partial charge in [0.2, 0.25) is 0 Å². The van der Waals surface area contributed by atoms with E-state index < -0.39 is 24.3 Å². The van der Waals surface area contributed by atoms with Gasteiger partial charge in [0, 0.05) is 5.46 Å². The minimum absolute atomic E-state index is 0.202. The smallest absolute Gasteiger partial charge is 0.497 e. The monoisotopic (exact) mass is 360 g/mol. The molecule has 1 aliphatic carbocycles. The lowest BCUT2D eigenvalue weighted by atomic mass is 9.73. The molecule has 26 heavy (non-hydrogen) atoms. The molecule has 6 heteroatoms. The predicted octanol–water partition coefficient (Wildman–Crippen LogP) is 3.35. The Morgan fingerprint density at radius 3 is 2.19 bits per heavy atom. The zero-order valence-electron chi connectivity index (χ0n) is 16.4. The second-order valence-corrected chi connectivity index (χ2v) is 8.48. The second-order valence-electron chi connectivity index (χ2n) is 8.48. The molecule has 1 aromatic rings. The molecule has 1 aromatic carbocycles. The molecule has 0 bridgehead atoms. The van der Waals surface area contributed by atoms with Gasteiger partial charge in [-0.15, -0.1) is 0 Å². The summed E-state index contributed by atoms with van der Waals surface area (Å²) in [5.74, 6) is 0.257. The first-order valence-corrected chi connectivity index (χ1v) is 9.41. The van der Waals surface area contributed by atoms with Crippen LogP contribution in [0.15, 0.2) is 18.2 Å². The lowest BCUT2D eigenvalue weighted by molar-refractivity contribution is -0.142. The zero-order chi connectivity index (χ0) is 19.1. The van der Waals surface area contributed by atoms with Crippen molar-refractivity contribution in [2.75, 3.05) is 7.11 Å². The van der Waals surface area contributed by atoms with Crippen LogP contribution in [0.25, 0.3) is 0 Å². The Bertz CT molecular complexity index is 661. The van der Waals surface area contributed by atoms with Gasteiger partial charge in [-0.3, -0.25) is 4.79 Å². The van der Waals surface area contributed by atoms with E-state index >= 15 is 0 Å². The first-order chi connectivity index (χ1) is 12.1. The summed E-state index contributed by atoms with van der Waals surface area (Å²) in [5.41, 5.74) is 1.31. The van der Waals surface area contributed by atoms with Gasteiger partial charge in [-0.25, -0.2) is 0 Å². The van der Waals surface area contributed by atoms with Crippen LogP contribution in [0.2, 0.25) is 0 Å². The van der Waals surface area contributed by atoms with E-state index in [1.165, 1.54) is 5.56 Å². The van der Waals surface area contributed by atoms with Gasteiger partial charge in [0.1, 0.15) is 5.75 Å². The van der Waals surface area contributed by atoms with Gasteiger partial charge in [0.15, 0.2) is 0 Å². The molecule has 0 spiro atoms. The fraction of sp³-hybridized carbons (Fsp3) is 0.650. The van der Waals surface area contributed by atoms with Crippen LogP contribution in [0, 0.1) is 5.92 Å². The lowest BCUT2D eigenvalue weighted by Gasteiger charge is -2.32. The van der Waals surface area contributed by atoms with Gasteiger partial charge < -0.3 is 19.2 Å². The lowest BCUT2D eigenvalue weighted by Crippen LogP contribution is -2.41. The normalized spacial score (nSPS) is 27.3. The number of carboxylic acids is 1. The number of aliphatic carboxylic acids is 1. The summed E-state index contributed by atoms with van der Waals surface area (Å²) in [4.78, 5) is 11.2. The maximum absolute atomic E-state index is 11.2. The van der Waals surface area contributed by atoms with E-state index in [0.717, 1.165) is 36.9 Å². The fourth-order valence-corrected chi connectivity index (χ4v) is 3.83. The molecule has 142 valence electrons. The quantitative estimate of drug-likeness (QED) is 0.835. The average Bonchev–Trinajstić information content (AvgIpc) is 2.82. The summed E-state index contributed by atoms with van der Waals surface area (Å²) in [6, 6.07) is 6.17. The van der Waals surface area contributed by atoms with Crippen molar-refractivity contribution >= 4 is 18.6 Å². The standard InChI is InChI=1S/C20H29BO5/c1-19(2)20(3,4)26-21(25-19)16-12-15(10-11-17(16)24-5)13-6-8-14(9-7-13)18(22)23/h10-14H,6-9H2,1-5H3,(H,22,23). The fourth-order valence-electron chi connectivity index (χ4n) is 3.83. The Balaban J connectivity index is 1.83. The van der Waals surface area contributed by atoms with Crippen LogP contribution in [-0.2, 0) is 14.1 Å². The SMILES string of the molecule is COc1ccc(C2CCC(C(=O)O)CC2)cc1B1OC(C)(C)C(C)(C)O1. The maximum atomic E-state index is 11.2. The highest BCUT2D eigenvalue weighted by Crippen LogP contribution is 2.39. The van der Waals surface area contributed by atoms with Crippen molar-refractivity contribution < 1.29 is 23.9 Å². The highest BCUT2D eigenvalue weighted by atomic mass is 16.7. The molecule has 2 fully saturated rings. The molecule has 1 N–H and O–H groups in total. The zero-order valence-corrected chi connectivity index (χ0v) is 16.4. The Morgan fingerprint density at radius 1 is 1.12 bits per heavy atom. The average molecular weight is 360 g/mol. The Morgan fingerprint density at radius 2 is 1.69 bits per heavy atom. The van der Waals surface area contributed by atoms with Crippen LogP contribution >= 0.6 is 0 Å². The number of rotatable bonds is 4. The van der Waals surface area contributed by atoms with E-state index in [2.05, 4.69) is 12.1 Å². The van der Waals surface area contributed by atoms with Crippen molar-refractivity contribution in [2.45, 2.75) is 70.5 Å². The van der Waals surface area contributed by atoms with Crippen molar-refractivity contribution in [1.29, 1.82) is 0 Å². The van der Waals surface area contributed by atoms with Crippen molar-refractivity contribution in [1.82, 2.24) is 0 Å². The first kappa shape index (κ1) is 19.2. The molecule has 1 aliphatic heterocycles. The maximum Gasteiger partial charge on any atom is 0.498 e. The molecule has 0 radical (unpaired) electrons. The number of methoxy groups -OCH3 is 1. The van der Waals surface area contributed by atoms with E-state index in [-0.39, 0.29) is 5.92 Å². The summed E-state index contributed by atoms with van der Waals surface area (Å²) in [7, 11) is 1.19. The minimum atomic E-state index is -0.670. The molecular weight excluding hydrogens is 331 g/mol. The molecule has 1 saturated carbocycles. The topological polar surface area (TPSA) is 65.0 Å². The molecule has 3 rings (SSSR count). The molecule has 2 aliphatic rings. The summed E-state index contributed by atoms with van der Waals surface area (Å²) in [6.45, 7) is 8.15. The Labute approximate surface area is 156 Å². The van der Waals surface area contributed by atoms with Crippen molar-refractivity contribution in [3.8, 4) is 5.75 Å². The largest absolute Gasteiger partial charge is 0.498 e. The third-order valence-electron chi connectivity index (χ3n) is 6.31. The Kier molecular flexibility index (Phi) is 5.10. The molecule has 1 saturated heterocycles. The van der Waals surface area contributed by atoms with E-state index in [0.29, 0.717) is 5.92 Å². The summed E-state index contributed by atoms with van der Waals surface area (Å²) in [5, 5.41) is 9.20. The van der Waals surface area contributed by atoms with Crippen LogP contribution in [0.1, 0.15) is 64.9 Å². The molecule has 0 unspecified atom stereocenters. The van der Waals surface area contributed by atoms with Gasteiger partial charge in [0.25, 0.3) is 0 Å². The van der Waals surface area contributed by atoms with Crippen molar-refractivity contribution in [3.05, 3.63) is 23.8 Å². The third-order valence-corrected chi connectivity index (χ3v) is 6.31. The van der Waals surface area contributed by atoms with E-state index in [9.17, 15) is 9.90 Å². The van der Waals surface area contributed by atoms with E-state index in [1.54, 1.807) is 7.11 Å². The van der Waals surface area contributed by atoms with Crippen LogP contribution in [-0.4, -0.2) is 36.5 Å². The summed E-state index contributed by atoms with van der Waals surface area (Å²) in [6.07, 6.45) is 3.26. The van der Waals surface area contributed by atoms with Gasteiger partial charge in [-0.1, -0.05) is 12.1 Å². The molecule has 0 atom stereocenters. The molecule has 1 heterocycles. The second kappa shape index (κ2) is 6.89. The number of carbonyl (C=O) groups is 1. The molecule has 0 amide bonds. The van der Waals surface area contributed by atoms with Gasteiger partial charge in [-0.2, -0.15) is 0 Å². The summed E-state index contributed by atoms with van der Waals surface area (Å²) >= 11 is 0. The highest BCUT2D eigenvalue weighted by Gasteiger charge is 2.52. The van der Waals surface area contributed by atoms with E-state index in [4.69, 9.17) is 14.0 Å². The van der Waals surface area contributed by atoms with Crippen LogP contribution in [0.4, 0.5) is 0 Å². The third kappa shape index (κ3) is 3.49. The first-order valence-electron chi connectivity index (χ1n) is 9.41. The number of ether oxygens (including phenoxy) is 1. The van der Waals surface area contributed by atoms with Crippen molar-refractivity contribution in [2.24, 2.45) is 5.92 Å². The van der Waals surface area contributed by atoms with Gasteiger partial charge in [-0.05, 0) is 70.9 Å². The Hall–Kier alpha value is -1.53. The molecule has 5 nitrogen and oxygen atoms in total. The minimum Gasteiger partial charge on any atom is -0.497 e. The molecule has 0 aromatic heterocycles. The van der Waals surface area contributed by atoms with Crippen LogP contribution in [0.5, 0.6) is 5.75 Å². The highest BCUT2D eigenvalue weighted by molar-refractivity contribution is 6.63. The summed E-state index contributed by atoms with van der Waals surface area (Å²) < 4.78 is 18.0. The van der Waals surface area contributed by atoms with Crippen LogP contribution in [0.3, 0.4) is 0 Å². The van der Waals surface area contributed by atoms with Crippen LogP contribution < -0.4 is 10.2 Å². The van der Waals surface area contributed by atoms with E-state index in [1.807, 2.05) is 33.8 Å². The number of hydrogen-bond donors (Lipinski definition) is 1.